The van der Waals surface area contributed by atoms with E-state index < -0.39 is 37.0 Å². The van der Waals surface area contributed by atoms with E-state index in [1.54, 1.807) is 0 Å². The van der Waals surface area contributed by atoms with Gasteiger partial charge in [-0.05, 0) is 123 Å². The molecular weight excluding hydrogens is 438 g/mol. The van der Waals surface area contributed by atoms with Crippen LogP contribution in [0.15, 0.2) is 0 Å². The van der Waals surface area contributed by atoms with Crippen molar-refractivity contribution in [2.75, 3.05) is 0 Å². The van der Waals surface area contributed by atoms with Crippen LogP contribution in [0.1, 0.15) is 77.0 Å². The first-order valence-electron chi connectivity index (χ1n) is 12.6. The minimum absolute atomic E-state index is 0.242. The molecule has 0 amide bonds. The molecule has 0 radical (unpaired) electrons. The number of rotatable bonds is 3. The average Bonchev–Trinajstić information content (AvgIpc) is 2.71. The van der Waals surface area contributed by atoms with Crippen LogP contribution in [0.3, 0.4) is 0 Å². The summed E-state index contributed by atoms with van der Waals surface area (Å²) in [5.74, 6) is -5.08. The summed E-state index contributed by atoms with van der Waals surface area (Å²) in [6.07, 6.45) is 12.8. The Bertz CT molecular complexity index is 843. The van der Waals surface area contributed by atoms with E-state index in [9.17, 15) is 13.2 Å². The van der Waals surface area contributed by atoms with E-state index in [4.69, 9.17) is 0 Å². The van der Waals surface area contributed by atoms with Crippen molar-refractivity contribution in [3.63, 3.8) is 0 Å². The predicted octanol–water partition coefficient (Wildman–Crippen LogP) is 7.43. The van der Waals surface area contributed by atoms with Gasteiger partial charge in [0.25, 0.3) is 0 Å². The number of halogens is 5. The van der Waals surface area contributed by atoms with Crippen molar-refractivity contribution in [3.05, 3.63) is 29.1 Å². The van der Waals surface area contributed by atoms with Crippen LogP contribution < -0.4 is 5.30 Å². The zero-order chi connectivity index (χ0) is 22.0. The molecule has 1 aromatic rings. The maximum absolute atomic E-state index is 15.5. The van der Waals surface area contributed by atoms with E-state index in [-0.39, 0.29) is 15.6 Å². The first-order valence-corrected chi connectivity index (χ1v) is 13.9. The van der Waals surface area contributed by atoms with Crippen molar-refractivity contribution in [1.29, 1.82) is 0 Å². The summed E-state index contributed by atoms with van der Waals surface area (Å²) in [6.45, 7) is 0. The first kappa shape index (κ1) is 20.7. The fourth-order valence-corrected chi connectivity index (χ4v) is 15.6. The second-order valence-electron chi connectivity index (χ2n) is 12.5. The third kappa shape index (κ3) is 2.70. The van der Waals surface area contributed by atoms with E-state index in [0.717, 1.165) is 38.5 Å². The fourth-order valence-electron chi connectivity index (χ4n) is 10.4. The Morgan fingerprint density at radius 3 is 0.969 bits per heavy atom. The predicted molar refractivity (Wildman–Crippen MR) is 115 cm³/mol. The molecule has 8 saturated carbocycles. The van der Waals surface area contributed by atoms with Gasteiger partial charge >= 0.3 is 0 Å². The summed E-state index contributed by atoms with van der Waals surface area (Å²) in [4.78, 5) is 0. The molecule has 8 bridgehead atoms. The topological polar surface area (TPSA) is 0 Å². The van der Waals surface area contributed by atoms with Crippen LogP contribution in [0.4, 0.5) is 22.0 Å². The largest absolute Gasteiger partial charge is 0.203 e. The average molecular weight is 468 g/mol. The summed E-state index contributed by atoms with van der Waals surface area (Å²) in [6, 6.07) is 0. The minimum atomic E-state index is -2.00. The molecule has 0 unspecified atom stereocenters. The molecular formula is C26H30F5P. The summed E-state index contributed by atoms with van der Waals surface area (Å²) < 4.78 is 74.2. The lowest BCUT2D eigenvalue weighted by atomic mass is 9.55. The van der Waals surface area contributed by atoms with E-state index in [2.05, 4.69) is 0 Å². The van der Waals surface area contributed by atoms with Crippen molar-refractivity contribution in [2.24, 2.45) is 35.5 Å². The smallest absolute Gasteiger partial charge is 0.200 e. The van der Waals surface area contributed by atoms with Gasteiger partial charge in [0.2, 0.25) is 5.82 Å². The Labute approximate surface area is 187 Å². The molecule has 1 aromatic carbocycles. The maximum atomic E-state index is 15.5. The molecule has 0 aliphatic heterocycles. The quantitative estimate of drug-likeness (QED) is 0.187. The second-order valence-corrected chi connectivity index (χ2v) is 15.6. The van der Waals surface area contributed by atoms with Crippen molar-refractivity contribution in [3.8, 4) is 0 Å². The van der Waals surface area contributed by atoms with Crippen LogP contribution >= 0.6 is 7.92 Å². The van der Waals surface area contributed by atoms with Gasteiger partial charge in [-0.3, -0.25) is 0 Å². The van der Waals surface area contributed by atoms with Gasteiger partial charge in [0.05, 0.1) is 5.30 Å². The molecule has 32 heavy (non-hydrogen) atoms. The van der Waals surface area contributed by atoms with Gasteiger partial charge in [-0.2, -0.15) is 0 Å². The van der Waals surface area contributed by atoms with Gasteiger partial charge in [-0.25, -0.2) is 22.0 Å². The summed E-state index contributed by atoms with van der Waals surface area (Å²) in [5, 5.41) is -0.859. The number of hydrogen-bond acceptors (Lipinski definition) is 0. The number of hydrogen-bond donors (Lipinski definition) is 0. The molecule has 0 N–H and O–H groups in total. The molecule has 174 valence electrons. The highest BCUT2D eigenvalue weighted by Crippen LogP contribution is 2.78. The van der Waals surface area contributed by atoms with Crippen LogP contribution in [-0.4, -0.2) is 10.3 Å². The highest BCUT2D eigenvalue weighted by atomic mass is 31.1. The standard InChI is InChI=1S/C26H30F5P/c27-19-20(28)22(30)24(23(31)21(19)29)32(25-7-13-1-14(8-25)3-15(2-13)9-25)26-10-16-4-17(11-26)6-18(5-16)12-26/h13-18H,1-12H2. The lowest BCUT2D eigenvalue weighted by Gasteiger charge is -2.67. The SMILES string of the molecule is Fc1c(F)c(F)c(P(C23CC4CC(CC(C4)C2)C3)C23CC4CC(CC(C4)C2)C3)c(F)c1F. The molecule has 0 atom stereocenters. The summed E-state index contributed by atoms with van der Waals surface area (Å²) in [5.41, 5.74) is 0. The van der Waals surface area contributed by atoms with Crippen LogP contribution in [0.25, 0.3) is 0 Å². The van der Waals surface area contributed by atoms with E-state index in [1.165, 1.54) is 38.5 Å². The molecule has 0 heterocycles. The Kier molecular flexibility index (Phi) is 4.33. The fraction of sp³-hybridized carbons (Fsp3) is 0.769. The minimum Gasteiger partial charge on any atom is -0.203 e. The van der Waals surface area contributed by atoms with Crippen molar-refractivity contribution in [2.45, 2.75) is 87.4 Å². The Balaban J connectivity index is 1.45. The van der Waals surface area contributed by atoms with Crippen molar-refractivity contribution in [1.82, 2.24) is 0 Å². The molecule has 0 aromatic heterocycles. The van der Waals surface area contributed by atoms with E-state index >= 15 is 8.78 Å². The third-order valence-electron chi connectivity index (χ3n) is 10.4. The molecule has 6 heteroatoms. The second kappa shape index (κ2) is 6.70. The van der Waals surface area contributed by atoms with Crippen molar-refractivity contribution >= 4 is 13.2 Å². The van der Waals surface area contributed by atoms with Gasteiger partial charge < -0.3 is 0 Å². The lowest BCUT2D eigenvalue weighted by molar-refractivity contribution is 0.0194. The molecule has 0 saturated heterocycles. The lowest BCUT2D eigenvalue weighted by Crippen LogP contribution is -2.58. The van der Waals surface area contributed by atoms with Gasteiger partial charge in [0, 0.05) is 0 Å². The number of benzene rings is 1. The van der Waals surface area contributed by atoms with Crippen LogP contribution in [-0.2, 0) is 0 Å². The van der Waals surface area contributed by atoms with Crippen molar-refractivity contribution < 1.29 is 22.0 Å². The molecule has 0 nitrogen and oxygen atoms in total. The third-order valence-corrected chi connectivity index (χ3v) is 14.2. The Morgan fingerprint density at radius 1 is 0.438 bits per heavy atom. The maximum Gasteiger partial charge on any atom is 0.200 e. The van der Waals surface area contributed by atoms with Crippen LogP contribution in [0, 0.1) is 64.6 Å². The normalized spacial score (nSPS) is 46.8. The zero-order valence-electron chi connectivity index (χ0n) is 18.3. The summed E-state index contributed by atoms with van der Waals surface area (Å²) in [7, 11) is -1.49. The van der Waals surface area contributed by atoms with Gasteiger partial charge in [0.1, 0.15) is 0 Å². The summed E-state index contributed by atoms with van der Waals surface area (Å²) >= 11 is 0. The molecule has 9 rings (SSSR count). The highest BCUT2D eigenvalue weighted by molar-refractivity contribution is 7.68. The van der Waals surface area contributed by atoms with Crippen LogP contribution in [0.2, 0.25) is 0 Å². The highest BCUT2D eigenvalue weighted by Gasteiger charge is 2.64. The van der Waals surface area contributed by atoms with Crippen LogP contribution in [0.5, 0.6) is 0 Å². The zero-order valence-corrected chi connectivity index (χ0v) is 19.2. The Hall–Kier alpha value is -0.700. The molecule has 8 aliphatic rings. The monoisotopic (exact) mass is 468 g/mol. The van der Waals surface area contributed by atoms with Gasteiger partial charge in [-0.1, -0.05) is 7.92 Å². The van der Waals surface area contributed by atoms with Gasteiger partial charge in [-0.15, -0.1) is 0 Å². The van der Waals surface area contributed by atoms with E-state index in [1.807, 2.05) is 0 Å². The molecule has 8 fully saturated rings. The van der Waals surface area contributed by atoms with E-state index in [0.29, 0.717) is 35.5 Å². The molecule has 0 spiro atoms. The first-order chi connectivity index (χ1) is 15.3. The Morgan fingerprint density at radius 2 is 0.688 bits per heavy atom. The van der Waals surface area contributed by atoms with Gasteiger partial charge in [0.15, 0.2) is 23.3 Å². The molecule has 8 aliphatic carbocycles.